The third kappa shape index (κ3) is 5.17. The maximum atomic E-state index is 12.4. The molecule has 27 heavy (non-hydrogen) atoms. The van der Waals surface area contributed by atoms with E-state index < -0.39 is 5.97 Å². The number of carboxylic acid groups (broad SMARTS) is 1. The molecule has 2 N–H and O–H groups in total. The van der Waals surface area contributed by atoms with Gasteiger partial charge < -0.3 is 10.4 Å². The first-order valence-electron chi connectivity index (χ1n) is 9.30. The zero-order valence-electron chi connectivity index (χ0n) is 15.6. The molecule has 1 aromatic heterocycles. The molecule has 1 aliphatic rings. The molecule has 1 saturated heterocycles. The number of carbonyl (C=O) groups is 2. The lowest BCUT2D eigenvalue weighted by atomic mass is 9.94. The largest absolute Gasteiger partial charge is 0.480 e. The lowest BCUT2D eigenvalue weighted by Crippen LogP contribution is -2.42. The van der Waals surface area contributed by atoms with Crippen LogP contribution >= 0.6 is 0 Å². The Morgan fingerprint density at radius 2 is 2.07 bits per heavy atom. The number of carbonyl (C=O) groups excluding carboxylic acids is 1. The van der Waals surface area contributed by atoms with Gasteiger partial charge in [-0.25, -0.2) is 0 Å². The minimum absolute atomic E-state index is 0.0120. The van der Waals surface area contributed by atoms with Crippen molar-refractivity contribution in [2.45, 2.75) is 38.8 Å². The van der Waals surface area contributed by atoms with Gasteiger partial charge in [0.2, 0.25) is 5.91 Å². The smallest absolute Gasteiger partial charge is 0.325 e. The summed E-state index contributed by atoms with van der Waals surface area (Å²) >= 11 is 0. The quantitative estimate of drug-likeness (QED) is 0.776. The third-order valence-electron chi connectivity index (χ3n) is 5.06. The Morgan fingerprint density at radius 1 is 1.26 bits per heavy atom. The van der Waals surface area contributed by atoms with E-state index in [1.807, 2.05) is 37.3 Å². The fourth-order valence-electron chi connectivity index (χ4n) is 3.65. The average molecular weight is 370 g/mol. The van der Waals surface area contributed by atoms with Crippen molar-refractivity contribution in [2.75, 3.05) is 19.6 Å². The molecule has 1 fully saturated rings. The first-order chi connectivity index (χ1) is 13.0. The van der Waals surface area contributed by atoms with E-state index in [0.717, 1.165) is 37.2 Å². The summed E-state index contributed by atoms with van der Waals surface area (Å²) in [6.07, 6.45) is 3.60. The number of aliphatic carboxylic acids is 1. The first kappa shape index (κ1) is 19.1. The van der Waals surface area contributed by atoms with Crippen molar-refractivity contribution in [2.24, 2.45) is 0 Å². The maximum absolute atomic E-state index is 12.4. The van der Waals surface area contributed by atoms with Crippen molar-refractivity contribution in [1.82, 2.24) is 20.0 Å². The van der Waals surface area contributed by atoms with Gasteiger partial charge in [0.1, 0.15) is 6.54 Å². The van der Waals surface area contributed by atoms with E-state index in [1.165, 1.54) is 5.56 Å². The molecule has 0 aliphatic carbocycles. The Hall–Kier alpha value is -2.67. The molecule has 3 rings (SSSR count). The number of piperidine rings is 1. The van der Waals surface area contributed by atoms with Crippen LogP contribution in [0.25, 0.3) is 0 Å². The highest BCUT2D eigenvalue weighted by Crippen LogP contribution is 2.26. The van der Waals surface area contributed by atoms with Crippen LogP contribution in [0.1, 0.15) is 35.6 Å². The van der Waals surface area contributed by atoms with Gasteiger partial charge in [-0.2, -0.15) is 5.10 Å². The summed E-state index contributed by atoms with van der Waals surface area (Å²) in [6.45, 7) is 4.42. The molecule has 1 atom stereocenters. The van der Waals surface area contributed by atoms with E-state index in [0.29, 0.717) is 13.1 Å². The number of amides is 1. The molecule has 0 bridgehead atoms. The Morgan fingerprint density at radius 3 is 2.85 bits per heavy atom. The highest BCUT2D eigenvalue weighted by Gasteiger charge is 2.25. The van der Waals surface area contributed by atoms with Crippen LogP contribution in [-0.2, 0) is 22.7 Å². The van der Waals surface area contributed by atoms with Gasteiger partial charge in [0.15, 0.2) is 0 Å². The summed E-state index contributed by atoms with van der Waals surface area (Å²) in [6, 6.07) is 9.91. The van der Waals surface area contributed by atoms with E-state index in [2.05, 4.69) is 15.3 Å². The summed E-state index contributed by atoms with van der Waals surface area (Å²) in [5.41, 5.74) is 3.23. The van der Waals surface area contributed by atoms with Gasteiger partial charge in [-0.3, -0.25) is 19.2 Å². The molecular weight excluding hydrogens is 344 g/mol. The lowest BCUT2D eigenvalue weighted by molar-refractivity contribution is -0.138. The molecule has 2 heterocycles. The molecule has 7 nitrogen and oxygen atoms in total. The Balaban J connectivity index is 1.54. The molecule has 0 radical (unpaired) electrons. The highest BCUT2D eigenvalue weighted by molar-refractivity contribution is 5.78. The van der Waals surface area contributed by atoms with Crippen LogP contribution in [0.4, 0.5) is 0 Å². The van der Waals surface area contributed by atoms with Gasteiger partial charge in [0.25, 0.3) is 0 Å². The van der Waals surface area contributed by atoms with Crippen molar-refractivity contribution in [1.29, 1.82) is 0 Å². The molecule has 0 saturated carbocycles. The molecular formula is C20H26N4O3. The van der Waals surface area contributed by atoms with Crippen LogP contribution in [0.2, 0.25) is 0 Å². The number of hydrogen-bond acceptors (Lipinski definition) is 4. The number of aryl methyl sites for hydroxylation is 1. The molecule has 7 heteroatoms. The minimum Gasteiger partial charge on any atom is -0.480 e. The topological polar surface area (TPSA) is 87.5 Å². The Kier molecular flexibility index (Phi) is 6.24. The summed E-state index contributed by atoms with van der Waals surface area (Å²) in [7, 11) is 0. The summed E-state index contributed by atoms with van der Waals surface area (Å²) in [4.78, 5) is 25.5. The van der Waals surface area contributed by atoms with Crippen LogP contribution in [0.5, 0.6) is 0 Å². The molecule has 0 spiro atoms. The second-order valence-electron chi connectivity index (χ2n) is 7.08. The number of nitrogens with one attached hydrogen (secondary N) is 1. The van der Waals surface area contributed by atoms with E-state index in [9.17, 15) is 9.59 Å². The van der Waals surface area contributed by atoms with Gasteiger partial charge in [-0.1, -0.05) is 24.3 Å². The van der Waals surface area contributed by atoms with Crippen LogP contribution in [0, 0.1) is 6.92 Å². The number of nitrogens with zero attached hydrogens (tertiary/aromatic N) is 3. The van der Waals surface area contributed by atoms with Crippen molar-refractivity contribution >= 4 is 11.9 Å². The number of aromatic nitrogens is 2. The summed E-state index contributed by atoms with van der Waals surface area (Å²) in [5, 5.41) is 16.2. The first-order valence-corrected chi connectivity index (χ1v) is 9.30. The fourth-order valence-corrected chi connectivity index (χ4v) is 3.65. The normalized spacial score (nSPS) is 17.6. The molecule has 0 unspecified atom stereocenters. The highest BCUT2D eigenvalue weighted by atomic mass is 16.4. The van der Waals surface area contributed by atoms with Crippen LogP contribution in [-0.4, -0.2) is 51.3 Å². The number of hydrogen-bond donors (Lipinski definition) is 2. The zero-order chi connectivity index (χ0) is 19.2. The Labute approximate surface area is 159 Å². The lowest BCUT2D eigenvalue weighted by Gasteiger charge is -2.32. The average Bonchev–Trinajstić information content (AvgIpc) is 3.08. The molecule has 1 amide bonds. The third-order valence-corrected chi connectivity index (χ3v) is 5.06. The second-order valence-corrected chi connectivity index (χ2v) is 7.08. The van der Waals surface area contributed by atoms with Crippen LogP contribution in [0.15, 0.2) is 36.5 Å². The predicted molar refractivity (Wildman–Crippen MR) is 101 cm³/mol. The Bertz CT molecular complexity index is 802. The minimum atomic E-state index is -0.900. The zero-order valence-corrected chi connectivity index (χ0v) is 15.6. The van der Waals surface area contributed by atoms with Crippen molar-refractivity contribution in [3.05, 3.63) is 53.3 Å². The fraction of sp³-hybridized carbons (Fsp3) is 0.450. The van der Waals surface area contributed by atoms with Crippen molar-refractivity contribution < 1.29 is 14.7 Å². The SMILES string of the molecule is Cc1ccccc1CNC(=O)CN1CCC[C@H](c2ccnn2CC(=O)O)C1. The van der Waals surface area contributed by atoms with Crippen molar-refractivity contribution in [3.63, 3.8) is 0 Å². The van der Waals surface area contributed by atoms with E-state index in [1.54, 1.807) is 10.9 Å². The van der Waals surface area contributed by atoms with E-state index in [-0.39, 0.29) is 18.4 Å². The van der Waals surface area contributed by atoms with Gasteiger partial charge in [0, 0.05) is 30.9 Å². The maximum Gasteiger partial charge on any atom is 0.325 e. The molecule has 2 aromatic rings. The van der Waals surface area contributed by atoms with Crippen LogP contribution in [0.3, 0.4) is 0 Å². The standard InChI is InChI=1S/C20H26N4O3/c1-15-5-2-3-6-16(15)11-21-19(25)13-23-10-4-7-17(12-23)18-8-9-22-24(18)14-20(26)27/h2-3,5-6,8-9,17H,4,7,10-14H2,1H3,(H,21,25)(H,26,27)/t17-/m0/s1. The summed E-state index contributed by atoms with van der Waals surface area (Å²) < 4.78 is 1.55. The predicted octanol–water partition coefficient (Wildman–Crippen LogP) is 1.77. The van der Waals surface area contributed by atoms with Gasteiger partial charge in [-0.15, -0.1) is 0 Å². The number of carboxylic acids is 1. The van der Waals surface area contributed by atoms with E-state index in [4.69, 9.17) is 5.11 Å². The number of likely N-dealkylation sites (tertiary alicyclic amines) is 1. The van der Waals surface area contributed by atoms with E-state index >= 15 is 0 Å². The van der Waals surface area contributed by atoms with Gasteiger partial charge in [-0.05, 0) is 43.5 Å². The second kappa shape index (κ2) is 8.81. The number of rotatable bonds is 7. The van der Waals surface area contributed by atoms with Crippen molar-refractivity contribution in [3.8, 4) is 0 Å². The monoisotopic (exact) mass is 370 g/mol. The number of benzene rings is 1. The van der Waals surface area contributed by atoms with Gasteiger partial charge >= 0.3 is 5.97 Å². The summed E-state index contributed by atoms with van der Waals surface area (Å²) in [5.74, 6) is -0.689. The molecule has 1 aliphatic heterocycles. The molecule has 144 valence electrons. The molecule has 1 aromatic carbocycles. The van der Waals surface area contributed by atoms with Gasteiger partial charge in [0.05, 0.1) is 6.54 Å². The van der Waals surface area contributed by atoms with Crippen LogP contribution < -0.4 is 5.32 Å².